The molecule has 1 atom stereocenters. The number of carbonyl (C=O) groups excluding carboxylic acids is 1. The summed E-state index contributed by atoms with van der Waals surface area (Å²) in [7, 11) is 0. The molecule has 1 aromatic carbocycles. The Hall–Kier alpha value is -2.37. The quantitative estimate of drug-likeness (QED) is 0.863. The molecule has 0 amide bonds. The molecule has 0 radical (unpaired) electrons. The number of aliphatic carboxylic acids is 1. The molecule has 6 heteroatoms. The summed E-state index contributed by atoms with van der Waals surface area (Å²) < 4.78 is 4.95. The summed E-state index contributed by atoms with van der Waals surface area (Å²) >= 11 is 0. The Kier molecular flexibility index (Phi) is 4.21. The van der Waals surface area contributed by atoms with E-state index in [0.29, 0.717) is 5.69 Å². The Morgan fingerprint density at radius 2 is 2.09 bits per heavy atom. The molecule has 0 bridgehead atoms. The number of hydrazone groups is 1. The largest absolute Gasteiger partial charge is 0.479 e. The van der Waals surface area contributed by atoms with Crippen LogP contribution in [0, 0.1) is 13.8 Å². The number of esters is 1. The van der Waals surface area contributed by atoms with Gasteiger partial charge in [-0.15, -0.1) is 0 Å². The number of hydrogen-bond donors (Lipinski definition) is 1. The first-order valence-corrected chi connectivity index (χ1v) is 7.15. The van der Waals surface area contributed by atoms with Crippen molar-refractivity contribution in [2.75, 3.05) is 11.6 Å². The Bertz CT molecular complexity index is 654. The van der Waals surface area contributed by atoms with Gasteiger partial charge in [0.05, 0.1) is 12.3 Å². The summed E-state index contributed by atoms with van der Waals surface area (Å²) in [5, 5.41) is 15.3. The van der Waals surface area contributed by atoms with Crippen molar-refractivity contribution < 1.29 is 19.4 Å². The highest BCUT2D eigenvalue weighted by Gasteiger charge is 2.48. The van der Waals surface area contributed by atoms with Crippen molar-refractivity contribution in [1.82, 2.24) is 0 Å². The van der Waals surface area contributed by atoms with Gasteiger partial charge in [0.2, 0.25) is 0 Å². The van der Waals surface area contributed by atoms with Crippen molar-refractivity contribution in [2.45, 2.75) is 39.7 Å². The molecule has 0 fully saturated rings. The molecule has 1 heterocycles. The molecule has 1 aliphatic heterocycles. The Labute approximate surface area is 129 Å². The molecule has 2 rings (SSSR count). The lowest BCUT2D eigenvalue weighted by Gasteiger charge is -2.31. The van der Waals surface area contributed by atoms with E-state index in [9.17, 15) is 14.7 Å². The number of ether oxygens (including phenoxy) is 1. The molecule has 0 spiro atoms. The number of aryl methyl sites for hydroxylation is 2. The number of rotatable bonds is 4. The fourth-order valence-corrected chi connectivity index (χ4v) is 2.43. The van der Waals surface area contributed by atoms with Gasteiger partial charge in [-0.1, -0.05) is 12.1 Å². The van der Waals surface area contributed by atoms with Crippen LogP contribution in [0.5, 0.6) is 0 Å². The first kappa shape index (κ1) is 16.0. The van der Waals surface area contributed by atoms with Gasteiger partial charge < -0.3 is 9.84 Å². The molecule has 22 heavy (non-hydrogen) atoms. The molecule has 0 saturated carbocycles. The third kappa shape index (κ3) is 2.68. The van der Waals surface area contributed by atoms with Crippen molar-refractivity contribution in [3.63, 3.8) is 0 Å². The third-order valence-electron chi connectivity index (χ3n) is 3.76. The molecular formula is C16H20N2O4. The van der Waals surface area contributed by atoms with E-state index in [-0.39, 0.29) is 18.7 Å². The summed E-state index contributed by atoms with van der Waals surface area (Å²) in [6, 6.07) is 5.72. The Morgan fingerprint density at radius 3 is 2.68 bits per heavy atom. The molecular weight excluding hydrogens is 284 g/mol. The van der Waals surface area contributed by atoms with E-state index in [1.807, 2.05) is 32.0 Å². The monoisotopic (exact) mass is 304 g/mol. The van der Waals surface area contributed by atoms with Crippen molar-refractivity contribution in [3.05, 3.63) is 29.3 Å². The van der Waals surface area contributed by atoms with E-state index >= 15 is 0 Å². The maximum absolute atomic E-state index is 11.9. The van der Waals surface area contributed by atoms with Gasteiger partial charge in [0.25, 0.3) is 0 Å². The molecule has 1 N–H and O–H groups in total. The first-order chi connectivity index (χ1) is 10.3. The van der Waals surface area contributed by atoms with E-state index in [0.717, 1.165) is 11.1 Å². The van der Waals surface area contributed by atoms with E-state index in [4.69, 9.17) is 4.74 Å². The minimum Gasteiger partial charge on any atom is -0.479 e. The predicted octanol–water partition coefficient (Wildman–Crippen LogP) is 2.28. The fraction of sp³-hybridized carbons (Fsp3) is 0.438. The summed E-state index contributed by atoms with van der Waals surface area (Å²) in [5.74, 6) is -1.60. The van der Waals surface area contributed by atoms with Gasteiger partial charge in [-0.2, -0.15) is 5.10 Å². The zero-order valence-corrected chi connectivity index (χ0v) is 13.2. The van der Waals surface area contributed by atoms with E-state index in [1.165, 1.54) is 5.01 Å². The van der Waals surface area contributed by atoms with Crippen molar-refractivity contribution in [1.29, 1.82) is 0 Å². The fourth-order valence-electron chi connectivity index (χ4n) is 2.43. The van der Waals surface area contributed by atoms with Gasteiger partial charge in [-0.05, 0) is 44.9 Å². The van der Waals surface area contributed by atoms with Crippen LogP contribution in [0.3, 0.4) is 0 Å². The van der Waals surface area contributed by atoms with Gasteiger partial charge in [0.15, 0.2) is 5.54 Å². The highest BCUT2D eigenvalue weighted by Crippen LogP contribution is 2.35. The zero-order chi connectivity index (χ0) is 16.5. The highest BCUT2D eigenvalue weighted by molar-refractivity contribution is 6.38. The predicted molar refractivity (Wildman–Crippen MR) is 83.1 cm³/mol. The van der Waals surface area contributed by atoms with E-state index in [1.54, 1.807) is 13.8 Å². The average Bonchev–Trinajstić information content (AvgIpc) is 2.81. The normalized spacial score (nSPS) is 20.7. The number of nitrogens with zero attached hydrogens (tertiary/aromatic N) is 2. The van der Waals surface area contributed by atoms with Crippen LogP contribution >= 0.6 is 0 Å². The Morgan fingerprint density at radius 1 is 1.41 bits per heavy atom. The molecule has 1 aliphatic rings. The van der Waals surface area contributed by atoms with Crippen LogP contribution in [0.4, 0.5) is 5.69 Å². The minimum absolute atomic E-state index is 0.00848. The Balaban J connectivity index is 2.50. The molecule has 0 aromatic heterocycles. The number of carbonyl (C=O) groups is 2. The van der Waals surface area contributed by atoms with Crippen LogP contribution in [0.15, 0.2) is 23.3 Å². The second-order valence-corrected chi connectivity index (χ2v) is 5.62. The van der Waals surface area contributed by atoms with Crippen molar-refractivity contribution in [2.24, 2.45) is 5.10 Å². The average molecular weight is 304 g/mol. The lowest BCUT2D eigenvalue weighted by Crippen LogP contribution is -2.47. The third-order valence-corrected chi connectivity index (χ3v) is 3.76. The van der Waals surface area contributed by atoms with Gasteiger partial charge >= 0.3 is 11.9 Å². The summed E-state index contributed by atoms with van der Waals surface area (Å²) in [6.07, 6.45) is 0.00848. The number of anilines is 1. The smallest absolute Gasteiger partial charge is 0.354 e. The lowest BCUT2D eigenvalue weighted by atomic mass is 9.94. The topological polar surface area (TPSA) is 79.2 Å². The summed E-state index contributed by atoms with van der Waals surface area (Å²) in [4.78, 5) is 23.7. The molecule has 6 nitrogen and oxygen atoms in total. The highest BCUT2D eigenvalue weighted by atomic mass is 16.5. The van der Waals surface area contributed by atoms with Crippen LogP contribution in [0.1, 0.15) is 31.4 Å². The van der Waals surface area contributed by atoms with E-state index < -0.39 is 17.5 Å². The van der Waals surface area contributed by atoms with Crippen LogP contribution in [0.25, 0.3) is 0 Å². The van der Waals surface area contributed by atoms with Crippen LogP contribution in [-0.4, -0.2) is 34.9 Å². The molecule has 118 valence electrons. The van der Waals surface area contributed by atoms with Gasteiger partial charge in [-0.3, -0.25) is 0 Å². The van der Waals surface area contributed by atoms with Crippen LogP contribution in [0.2, 0.25) is 0 Å². The maximum Gasteiger partial charge on any atom is 0.354 e. The standard InChI is InChI=1S/C16H20N2O4/c1-5-22-14(19)12-9-16(4,15(20)21)18(17-12)13-8-10(2)6-7-11(13)3/h6-8H,5,9H2,1-4H3,(H,20,21)/t16-/m0/s1. The molecule has 0 saturated heterocycles. The SMILES string of the molecule is CCOC(=O)C1=NN(c2cc(C)ccc2C)[C@](C)(C(=O)O)C1. The number of carboxylic acid groups (broad SMARTS) is 1. The van der Waals surface area contributed by atoms with Crippen molar-refractivity contribution in [3.8, 4) is 0 Å². The number of hydrogen-bond acceptors (Lipinski definition) is 5. The minimum atomic E-state index is -1.30. The summed E-state index contributed by atoms with van der Waals surface area (Å²) in [6.45, 7) is 7.30. The zero-order valence-electron chi connectivity index (χ0n) is 13.2. The molecule has 0 unspecified atom stereocenters. The molecule has 1 aromatic rings. The maximum atomic E-state index is 11.9. The van der Waals surface area contributed by atoms with Crippen LogP contribution < -0.4 is 5.01 Å². The first-order valence-electron chi connectivity index (χ1n) is 7.15. The second kappa shape index (κ2) is 5.79. The van der Waals surface area contributed by atoms with E-state index in [2.05, 4.69) is 5.10 Å². The number of benzene rings is 1. The molecule has 0 aliphatic carbocycles. The van der Waals surface area contributed by atoms with Gasteiger partial charge in [0, 0.05) is 6.42 Å². The van der Waals surface area contributed by atoms with Gasteiger partial charge in [0.1, 0.15) is 5.71 Å². The second-order valence-electron chi connectivity index (χ2n) is 5.62. The lowest BCUT2D eigenvalue weighted by molar-refractivity contribution is -0.142. The van der Waals surface area contributed by atoms with Crippen LogP contribution in [-0.2, 0) is 14.3 Å². The van der Waals surface area contributed by atoms with Gasteiger partial charge in [-0.25, -0.2) is 14.6 Å². The van der Waals surface area contributed by atoms with Crippen molar-refractivity contribution >= 4 is 23.3 Å². The summed E-state index contributed by atoms with van der Waals surface area (Å²) in [5.41, 5.74) is 1.40. The number of carboxylic acids is 1.